The van der Waals surface area contributed by atoms with Gasteiger partial charge in [-0.25, -0.2) is 31.5 Å². The number of aliphatic hydroxyl groups is 4. The van der Waals surface area contributed by atoms with Crippen LogP contribution in [0.1, 0.15) is 41.3 Å². The average molecular weight is 1660 g/mol. The van der Waals surface area contributed by atoms with Crippen molar-refractivity contribution in [3.05, 3.63) is 168 Å². The van der Waals surface area contributed by atoms with Crippen molar-refractivity contribution in [1.29, 1.82) is 0 Å². The van der Waals surface area contributed by atoms with E-state index in [-0.39, 0.29) is 48.9 Å². The summed E-state index contributed by atoms with van der Waals surface area (Å²) in [5, 5.41) is 65.9. The summed E-state index contributed by atoms with van der Waals surface area (Å²) in [6.45, 7) is 7.01. The zero-order valence-corrected chi connectivity index (χ0v) is 71.1. The molecule has 10 rings (SSSR count). The maximum Gasteiger partial charge on any atom is 0.383 e. The van der Waals surface area contributed by atoms with Gasteiger partial charge in [0, 0.05) is 115 Å². The molecule has 4 heterocycles. The van der Waals surface area contributed by atoms with Gasteiger partial charge in [0.2, 0.25) is 11.7 Å². The summed E-state index contributed by atoms with van der Waals surface area (Å²) in [6.07, 6.45) is -3.39. The summed E-state index contributed by atoms with van der Waals surface area (Å²) in [5.41, 5.74) is 6.19. The van der Waals surface area contributed by atoms with Gasteiger partial charge < -0.3 is 69.6 Å². The number of cyclic esters (lactones) is 2. The molecule has 0 aliphatic carbocycles. The topological polar surface area (TPSA) is 415 Å². The Bertz CT molecular complexity index is 4360. The number of amides is 2. The van der Waals surface area contributed by atoms with E-state index in [1.807, 2.05) is 113 Å². The van der Waals surface area contributed by atoms with Crippen LogP contribution in [0.4, 0.5) is 30.2 Å². The number of carbonyl (C=O) groups excluding carboxylic acids is 6. The van der Waals surface area contributed by atoms with E-state index < -0.39 is 86.1 Å². The quantitative estimate of drug-likeness (QED) is 0.0197. The molecule has 115 heavy (non-hydrogen) atoms. The first-order valence-electron chi connectivity index (χ1n) is 35.2. The number of esters is 2. The maximum atomic E-state index is 12.1. The molecule has 8 aromatic rings. The van der Waals surface area contributed by atoms with Gasteiger partial charge >= 0.3 is 17.7 Å². The summed E-state index contributed by atoms with van der Waals surface area (Å²) in [4.78, 5) is 69.2. The Morgan fingerprint density at radius 1 is 0.626 bits per heavy atom. The third-order valence-electron chi connectivity index (χ3n) is 14.6. The van der Waals surface area contributed by atoms with Crippen LogP contribution in [0.2, 0.25) is 0 Å². The van der Waals surface area contributed by atoms with Gasteiger partial charge in [-0.1, -0.05) is 91.0 Å². The smallest absolute Gasteiger partial charge is 0.383 e. The Morgan fingerprint density at radius 3 is 1.45 bits per heavy atom. The number of aliphatic hydroxyl groups excluding tert-OH is 4. The minimum atomic E-state index is -3.69. The summed E-state index contributed by atoms with van der Waals surface area (Å²) >= 11 is 0. The summed E-state index contributed by atoms with van der Waals surface area (Å²) in [6, 6.07) is 39.8. The second-order valence-corrected chi connectivity index (χ2v) is 30.7. The lowest BCUT2D eigenvalue weighted by molar-refractivity contribution is -0.849. The van der Waals surface area contributed by atoms with Gasteiger partial charge in [-0.05, 0) is 80.2 Å². The molecule has 4 unspecified atom stereocenters. The molecule has 0 radical (unpaired) electrons. The van der Waals surface area contributed by atoms with E-state index in [0.29, 0.717) is 35.4 Å². The van der Waals surface area contributed by atoms with Crippen molar-refractivity contribution in [3.63, 3.8) is 0 Å². The molecule has 1 fully saturated rings. The van der Waals surface area contributed by atoms with E-state index in [4.69, 9.17) is 10.2 Å². The number of hydrogen-bond acceptors (Lipinski definition) is 27. The van der Waals surface area contributed by atoms with Crippen molar-refractivity contribution in [3.8, 4) is 0 Å². The number of benzene rings is 6. The molecule has 0 saturated carbocycles. The number of alkyl halides is 3. The number of nitrogens with one attached hydrogen (secondary N) is 3. The van der Waals surface area contributed by atoms with Crippen LogP contribution in [0.5, 0.6) is 0 Å². The van der Waals surface area contributed by atoms with Crippen LogP contribution >= 0.6 is 0 Å². The van der Waals surface area contributed by atoms with E-state index in [2.05, 4.69) is 138 Å². The molecule has 638 valence electrons. The lowest BCUT2D eigenvalue weighted by Gasteiger charge is -2.23. The number of ether oxygens (including phenoxy) is 4. The molecule has 6 aromatic carbocycles. The van der Waals surface area contributed by atoms with E-state index >= 15 is 0 Å². The van der Waals surface area contributed by atoms with E-state index in [1.165, 1.54) is 49.0 Å². The number of ketones is 2. The number of sulfone groups is 1. The van der Waals surface area contributed by atoms with Crippen LogP contribution in [-0.4, -0.2) is 296 Å². The number of aromatic nitrogens is 7. The van der Waals surface area contributed by atoms with Crippen LogP contribution in [0.3, 0.4) is 0 Å². The minimum absolute atomic E-state index is 0.00463. The highest BCUT2D eigenvalue weighted by molar-refractivity contribution is 7.91. The highest BCUT2D eigenvalue weighted by Gasteiger charge is 2.46. The molecule has 0 spiro atoms. The second kappa shape index (κ2) is 52.9. The van der Waals surface area contributed by atoms with E-state index in [0.717, 1.165) is 48.7 Å². The van der Waals surface area contributed by atoms with Crippen molar-refractivity contribution < 1.29 is 107 Å². The zero-order valence-electron chi connectivity index (χ0n) is 69.5. The fourth-order valence-corrected chi connectivity index (χ4v) is 11.1. The molecule has 38 heteroatoms. The van der Waals surface area contributed by atoms with Gasteiger partial charge in [-0.3, -0.25) is 32.2 Å². The molecule has 2 amide bonds. The highest BCUT2D eigenvalue weighted by Crippen LogP contribution is 2.32. The molecule has 4 atom stereocenters. The largest absolute Gasteiger partial charge is 0.505 e. The van der Waals surface area contributed by atoms with Gasteiger partial charge in [0.15, 0.2) is 33.6 Å². The van der Waals surface area contributed by atoms with Crippen LogP contribution < -0.4 is 30.2 Å². The molecule has 1 saturated heterocycles. The van der Waals surface area contributed by atoms with Gasteiger partial charge in [-0.2, -0.15) is 13.2 Å². The van der Waals surface area contributed by atoms with Crippen molar-refractivity contribution in [2.24, 2.45) is 0 Å². The number of anilines is 2. The van der Waals surface area contributed by atoms with Gasteiger partial charge in [0.05, 0.1) is 106 Å². The number of halogens is 3. The van der Waals surface area contributed by atoms with Crippen LogP contribution in [0, 0.1) is 13.8 Å². The van der Waals surface area contributed by atoms with Gasteiger partial charge in [0.25, 0.3) is 21.8 Å². The number of quaternary nitrogens is 2. The first-order chi connectivity index (χ1) is 53.9. The predicted molar refractivity (Wildman–Crippen MR) is 435 cm³/mol. The first kappa shape index (κ1) is 105. The summed E-state index contributed by atoms with van der Waals surface area (Å²) < 4.78 is 106. The van der Waals surface area contributed by atoms with Crippen molar-refractivity contribution in [1.82, 2.24) is 55.6 Å². The number of hydrogen-bond donors (Lipinski definition) is 7. The molecule has 7 N–H and O–H groups in total. The Morgan fingerprint density at radius 2 is 1.09 bits per heavy atom. The molecule has 2 aromatic heterocycles. The minimum Gasteiger partial charge on any atom is -0.505 e. The molecule has 2 aliphatic rings. The van der Waals surface area contributed by atoms with E-state index in [9.17, 15) is 69.0 Å². The average Bonchev–Trinajstić information content (AvgIpc) is 1.44. The SMILES string of the molecule is CCS(=O)(=O)c1cccc2c(N(C)C)cccc12.CF.CNC(=O)c1ccccc1.CNC(C)=O.CNCc1ccc([N+](C)(C)C)cc1.COCC(O)C1OC(=O)C(=O)C1=O.COCC(O)C1OC(=O)C(O)=C1O.COS(=O)(=O)c1cccc2c(N(C)C)cccc12.C[N+](C)(C)C.Cc1cn(CCF)nn1.Cc1nnn(CCF)n1. The number of rotatable bonds is 20. The molecule has 33 nitrogen and oxygen atoms in total. The van der Waals surface area contributed by atoms with Crippen LogP contribution in [0.15, 0.2) is 155 Å². The maximum absolute atomic E-state index is 12.1. The van der Waals surface area contributed by atoms with Gasteiger partial charge in [0.1, 0.15) is 36.1 Å². The molecular weight excluding hydrogens is 1550 g/mol. The number of carbonyl (C=O) groups is 6. The van der Waals surface area contributed by atoms with Crippen LogP contribution in [0.25, 0.3) is 21.5 Å². The monoisotopic (exact) mass is 1660 g/mol. The molecular formula is C77H115F3N14O19S2+2. The lowest BCUT2D eigenvalue weighted by Crippen LogP contribution is -2.36. The highest BCUT2D eigenvalue weighted by atomic mass is 32.2. The van der Waals surface area contributed by atoms with Crippen LogP contribution in [-0.2, 0) is 86.7 Å². The normalized spacial score (nSPS) is 13.8. The Labute approximate surface area is 671 Å². The third-order valence-corrected chi connectivity index (χ3v) is 17.7. The molecule has 2 aliphatic heterocycles. The van der Waals surface area contributed by atoms with Crippen molar-refractivity contribution in [2.75, 3.05) is 169 Å². The number of nitrogens with zero attached hydrogens (tertiary/aromatic N) is 11. The number of aryl methyl sites for hydroxylation is 4. The zero-order chi connectivity index (χ0) is 88.1. The van der Waals surface area contributed by atoms with Crippen molar-refractivity contribution >= 4 is 93.9 Å². The lowest BCUT2D eigenvalue weighted by atomic mass is 10.1. The third kappa shape index (κ3) is 37.6. The Balaban J connectivity index is 0.00000128. The number of fused-ring (bicyclic) bond motifs is 2. The first-order valence-corrected chi connectivity index (χ1v) is 38.2. The second-order valence-electron chi connectivity index (χ2n) is 26.8. The standard InChI is InChI=1S/C14H17NO2S.C13H15NO3S.C11H19N2.C8H9NO.C7H10O6.C7H8O6.C5H8FN3.C4H7FN4.C4H12N.C3H7NO.CH3F/c1-4-18(16,17)14-10-6-7-11-12(14)8-5-9-13(11)15(2)3;1-14(2)12-8-4-7-11-10(12)6-5-9-13(11)18(15,16)17-3;1-12-9-10-5-7-11(8-6-10)13(2,3)4;1-9-8(10)7-5-3-2-4-6-7;2*1-12-2-3(8)6-4(9)5(10)7(11)13-6;1-5-4-9(3-2-6)8-7-5;1-4-6-8-9(7-4)3-2-5;1-5(2,3)4;1-3(5)4-2;1-2/h5-10H,4H2,1-3H3;4-9H,1-3H3;5-8,12H,9H2,1-4H3;2-6H,1H3,(H,9,10);3,6,8-10H,2H2,1H3;3,6,8H,2H2,1H3;4H,2-3H2,1H3;2-3H2,1H3;1-4H3;1-2H3,(H,4,5);1H3/q;;+1;;;;;;+1;;. The predicted octanol–water partition coefficient (Wildman–Crippen LogP) is 6.06. The van der Waals surface area contributed by atoms with Gasteiger partial charge in [-0.15, -0.1) is 15.3 Å². The number of Topliss-reactive ketones (excluding diaryl/α,β-unsaturated/α-hetero) is 2. The van der Waals surface area contributed by atoms with Crippen molar-refractivity contribution in [2.45, 2.75) is 81.5 Å². The number of methoxy groups -OCH3 is 2. The molecule has 0 bridgehead atoms. The van der Waals surface area contributed by atoms with E-state index in [1.54, 1.807) is 76.6 Å². The Hall–Kier alpha value is -10.4. The fraction of sp³-hybridized carbons (Fsp3) is 0.442. The summed E-state index contributed by atoms with van der Waals surface area (Å²) in [5.74, 6) is -5.36. The Kier molecular flexibility index (Phi) is 48.1. The number of tetrazole rings is 1. The fourth-order valence-electron chi connectivity index (χ4n) is 9.08. The summed E-state index contributed by atoms with van der Waals surface area (Å²) in [7, 11) is 25.4.